The summed E-state index contributed by atoms with van der Waals surface area (Å²) in [5.41, 5.74) is 17.2. The summed E-state index contributed by atoms with van der Waals surface area (Å²) in [6.45, 7) is 8.00. The molecule has 0 unspecified atom stereocenters. The van der Waals surface area contributed by atoms with Crippen LogP contribution in [-0.4, -0.2) is 5.96 Å². The third-order valence-electron chi connectivity index (χ3n) is 1.15. The lowest BCUT2D eigenvalue weighted by Gasteiger charge is -1.94. The maximum Gasteiger partial charge on any atom is 0.191 e. The van der Waals surface area contributed by atoms with Gasteiger partial charge in [0.1, 0.15) is 0 Å². The number of nitrogens with two attached hydrogens (primary N) is 3. The monoisotopic (exact) mass is 210 g/mol. The van der Waals surface area contributed by atoms with Gasteiger partial charge in [0, 0.05) is 5.69 Å². The van der Waals surface area contributed by atoms with Crippen molar-refractivity contribution >= 4 is 17.3 Å². The standard InChI is InChI=1S/C7H10N4.2C2H6/c8-5-1-3-6(4-2-5)11-7(9)10;2*1-2/h1-4H,8H2,(H4,9,10,11);2*1-2H3. The van der Waals surface area contributed by atoms with Crippen molar-refractivity contribution in [3.63, 3.8) is 0 Å². The molecule has 1 rings (SSSR count). The molecular formula is C11H22N4. The Bertz CT molecular complexity index is 260. The molecule has 4 heteroatoms. The maximum atomic E-state index is 5.45. The van der Waals surface area contributed by atoms with Crippen LogP contribution in [0.15, 0.2) is 29.3 Å². The number of guanidine groups is 1. The molecule has 0 saturated heterocycles. The Morgan fingerprint density at radius 3 is 1.67 bits per heavy atom. The van der Waals surface area contributed by atoms with E-state index >= 15 is 0 Å². The second-order valence-electron chi connectivity index (χ2n) is 2.13. The molecule has 0 heterocycles. The molecule has 0 aliphatic heterocycles. The lowest BCUT2D eigenvalue weighted by atomic mass is 10.3. The van der Waals surface area contributed by atoms with E-state index in [0.717, 1.165) is 0 Å². The van der Waals surface area contributed by atoms with Crippen molar-refractivity contribution in [3.8, 4) is 0 Å². The van der Waals surface area contributed by atoms with E-state index in [2.05, 4.69) is 4.99 Å². The highest BCUT2D eigenvalue weighted by atomic mass is 15.0. The zero-order chi connectivity index (χ0) is 12.3. The van der Waals surface area contributed by atoms with Gasteiger partial charge in [-0.3, -0.25) is 0 Å². The fourth-order valence-corrected chi connectivity index (χ4v) is 0.698. The summed E-state index contributed by atoms with van der Waals surface area (Å²) in [4.78, 5) is 3.82. The van der Waals surface area contributed by atoms with Gasteiger partial charge in [0.05, 0.1) is 5.69 Å². The molecule has 0 aliphatic carbocycles. The molecule has 1 aromatic carbocycles. The number of nitrogens with zero attached hydrogens (tertiary/aromatic N) is 1. The SMILES string of the molecule is CC.CC.NC(N)=Nc1ccc(N)cc1. The molecule has 0 aliphatic rings. The highest BCUT2D eigenvalue weighted by molar-refractivity contribution is 5.79. The van der Waals surface area contributed by atoms with Crippen LogP contribution >= 0.6 is 0 Å². The molecule has 0 amide bonds. The number of aliphatic imine (C=N–C) groups is 1. The Morgan fingerprint density at radius 2 is 1.33 bits per heavy atom. The van der Waals surface area contributed by atoms with Crippen molar-refractivity contribution in [2.24, 2.45) is 16.5 Å². The summed E-state index contributed by atoms with van der Waals surface area (Å²) in [5.74, 6) is 0.0507. The lowest BCUT2D eigenvalue weighted by molar-refractivity contribution is 1.42. The van der Waals surface area contributed by atoms with Crippen molar-refractivity contribution in [2.75, 3.05) is 5.73 Å². The average molecular weight is 210 g/mol. The minimum atomic E-state index is 0.0507. The molecule has 1 aromatic rings. The highest BCUT2D eigenvalue weighted by Crippen LogP contribution is 2.12. The summed E-state index contributed by atoms with van der Waals surface area (Å²) < 4.78 is 0. The topological polar surface area (TPSA) is 90.4 Å². The average Bonchev–Trinajstić information content (AvgIpc) is 2.27. The van der Waals surface area contributed by atoms with Crippen LogP contribution in [0.25, 0.3) is 0 Å². The second kappa shape index (κ2) is 10.4. The van der Waals surface area contributed by atoms with Crippen LogP contribution in [0, 0.1) is 0 Å². The van der Waals surface area contributed by atoms with Gasteiger partial charge in [0.15, 0.2) is 5.96 Å². The summed E-state index contributed by atoms with van der Waals surface area (Å²) in [5, 5.41) is 0. The first-order valence-corrected chi connectivity index (χ1v) is 5.13. The van der Waals surface area contributed by atoms with Gasteiger partial charge in [-0.05, 0) is 24.3 Å². The summed E-state index contributed by atoms with van der Waals surface area (Å²) >= 11 is 0. The van der Waals surface area contributed by atoms with Gasteiger partial charge in [-0.15, -0.1) is 0 Å². The van der Waals surface area contributed by atoms with Crippen molar-refractivity contribution in [1.82, 2.24) is 0 Å². The van der Waals surface area contributed by atoms with Crippen LogP contribution in [0.3, 0.4) is 0 Å². The number of rotatable bonds is 1. The van der Waals surface area contributed by atoms with Gasteiger partial charge in [-0.25, -0.2) is 4.99 Å². The quantitative estimate of drug-likeness (QED) is 0.377. The first kappa shape index (κ1) is 15.7. The molecule has 0 atom stereocenters. The van der Waals surface area contributed by atoms with Crippen molar-refractivity contribution in [1.29, 1.82) is 0 Å². The van der Waals surface area contributed by atoms with Gasteiger partial charge in [0.2, 0.25) is 0 Å². The Labute approximate surface area is 92.2 Å². The van der Waals surface area contributed by atoms with E-state index < -0.39 is 0 Å². The zero-order valence-electron chi connectivity index (χ0n) is 9.99. The second-order valence-corrected chi connectivity index (χ2v) is 2.13. The first-order valence-electron chi connectivity index (χ1n) is 5.13. The van der Waals surface area contributed by atoms with E-state index in [-0.39, 0.29) is 5.96 Å². The highest BCUT2D eigenvalue weighted by Gasteiger charge is 1.87. The van der Waals surface area contributed by atoms with Gasteiger partial charge < -0.3 is 17.2 Å². The Hall–Kier alpha value is -1.71. The molecule has 0 fully saturated rings. The molecule has 6 N–H and O–H groups in total. The van der Waals surface area contributed by atoms with E-state index in [4.69, 9.17) is 17.2 Å². The molecule has 0 bridgehead atoms. The van der Waals surface area contributed by atoms with Gasteiger partial charge in [0.25, 0.3) is 0 Å². The molecule has 4 nitrogen and oxygen atoms in total. The van der Waals surface area contributed by atoms with Crippen molar-refractivity contribution in [2.45, 2.75) is 27.7 Å². The van der Waals surface area contributed by atoms with Crippen LogP contribution in [0.4, 0.5) is 11.4 Å². The predicted octanol–water partition coefficient (Wildman–Crippen LogP) is 2.23. The molecular weight excluding hydrogens is 188 g/mol. The fourth-order valence-electron chi connectivity index (χ4n) is 0.698. The number of hydrogen-bond donors (Lipinski definition) is 3. The van der Waals surface area contributed by atoms with Crippen LogP contribution in [0.5, 0.6) is 0 Å². The zero-order valence-corrected chi connectivity index (χ0v) is 9.99. The summed E-state index contributed by atoms with van der Waals surface area (Å²) in [6.07, 6.45) is 0. The van der Waals surface area contributed by atoms with Crippen molar-refractivity contribution < 1.29 is 0 Å². The van der Waals surface area contributed by atoms with Crippen LogP contribution in [-0.2, 0) is 0 Å². The van der Waals surface area contributed by atoms with Gasteiger partial charge in [-0.1, -0.05) is 27.7 Å². The number of nitrogen functional groups attached to an aromatic ring is 1. The largest absolute Gasteiger partial charge is 0.399 e. The third-order valence-corrected chi connectivity index (χ3v) is 1.15. The van der Waals surface area contributed by atoms with E-state index in [9.17, 15) is 0 Å². The smallest absolute Gasteiger partial charge is 0.191 e. The van der Waals surface area contributed by atoms with Crippen molar-refractivity contribution in [3.05, 3.63) is 24.3 Å². The minimum Gasteiger partial charge on any atom is -0.399 e. The van der Waals surface area contributed by atoms with E-state index in [1.54, 1.807) is 24.3 Å². The predicted molar refractivity (Wildman–Crippen MR) is 69.0 cm³/mol. The van der Waals surface area contributed by atoms with E-state index in [1.807, 2.05) is 27.7 Å². The minimum absolute atomic E-state index is 0.0507. The number of benzene rings is 1. The number of hydrogen-bond acceptors (Lipinski definition) is 2. The molecule has 0 radical (unpaired) electrons. The van der Waals surface area contributed by atoms with Crippen LogP contribution < -0.4 is 17.2 Å². The molecule has 0 aromatic heterocycles. The molecule has 0 saturated carbocycles. The van der Waals surface area contributed by atoms with E-state index in [0.29, 0.717) is 11.4 Å². The Kier molecular flexibility index (Phi) is 10.9. The third kappa shape index (κ3) is 8.62. The van der Waals surface area contributed by atoms with Gasteiger partial charge in [-0.2, -0.15) is 0 Å². The summed E-state index contributed by atoms with van der Waals surface area (Å²) in [7, 11) is 0. The van der Waals surface area contributed by atoms with E-state index in [1.165, 1.54) is 0 Å². The summed E-state index contributed by atoms with van der Waals surface area (Å²) in [6, 6.07) is 6.97. The number of anilines is 1. The molecule has 15 heavy (non-hydrogen) atoms. The maximum absolute atomic E-state index is 5.45. The Morgan fingerprint density at radius 1 is 0.933 bits per heavy atom. The van der Waals surface area contributed by atoms with Crippen LogP contribution in [0.1, 0.15) is 27.7 Å². The molecule has 86 valence electrons. The lowest BCUT2D eigenvalue weighted by Crippen LogP contribution is -2.21. The van der Waals surface area contributed by atoms with Crippen LogP contribution in [0.2, 0.25) is 0 Å². The van der Waals surface area contributed by atoms with Gasteiger partial charge >= 0.3 is 0 Å². The Balaban J connectivity index is 0. The molecule has 0 spiro atoms. The first-order chi connectivity index (χ1) is 7.18. The normalized spacial score (nSPS) is 7.47. The fraction of sp³-hybridized carbons (Fsp3) is 0.364.